The van der Waals surface area contributed by atoms with Crippen LogP contribution in [0.15, 0.2) is 23.2 Å². The number of aliphatic imine (C=N–C) groups is 1. The van der Waals surface area contributed by atoms with Crippen molar-refractivity contribution in [2.24, 2.45) is 4.99 Å². The summed E-state index contributed by atoms with van der Waals surface area (Å²) in [6, 6.07) is 6.52. The number of halogens is 1. The van der Waals surface area contributed by atoms with Crippen molar-refractivity contribution in [1.29, 1.82) is 0 Å². The zero-order chi connectivity index (χ0) is 17.2. The lowest BCUT2D eigenvalue weighted by Crippen LogP contribution is -2.39. The minimum Gasteiger partial charge on any atom is -0.493 e. The van der Waals surface area contributed by atoms with Crippen LogP contribution in [0.5, 0.6) is 5.75 Å². The van der Waals surface area contributed by atoms with E-state index in [1.165, 1.54) is 11.1 Å². The predicted octanol–water partition coefficient (Wildman–Crippen LogP) is 2.68. The van der Waals surface area contributed by atoms with Gasteiger partial charge in [0.15, 0.2) is 5.96 Å². The monoisotopic (exact) mass is 460 g/mol. The molecule has 0 aromatic heterocycles. The van der Waals surface area contributed by atoms with Crippen LogP contribution in [-0.4, -0.2) is 57.2 Å². The Balaban J connectivity index is 0.00000312. The Kier molecular flexibility index (Phi) is 10.9. The van der Waals surface area contributed by atoms with E-state index in [9.17, 15) is 0 Å². The molecule has 25 heavy (non-hydrogen) atoms. The first-order valence-corrected chi connectivity index (χ1v) is 9.18. The molecule has 0 amide bonds. The first-order valence-electron chi connectivity index (χ1n) is 9.18. The largest absolute Gasteiger partial charge is 0.493 e. The summed E-state index contributed by atoms with van der Waals surface area (Å²) in [6.07, 6.45) is 3.16. The molecule has 0 unspecified atom stereocenters. The summed E-state index contributed by atoms with van der Waals surface area (Å²) in [6.45, 7) is 10.5. The molecule has 2 rings (SSSR count). The molecule has 1 heterocycles. The smallest absolute Gasteiger partial charge is 0.190 e. The highest BCUT2D eigenvalue weighted by Gasteiger charge is 2.11. The van der Waals surface area contributed by atoms with E-state index < -0.39 is 0 Å². The molecule has 6 heteroatoms. The van der Waals surface area contributed by atoms with Crippen LogP contribution < -0.4 is 15.4 Å². The molecule has 0 saturated carbocycles. The number of hydrogen-bond acceptors (Lipinski definition) is 3. The molecular weight excluding hydrogens is 427 g/mol. The van der Waals surface area contributed by atoms with Gasteiger partial charge in [-0.25, -0.2) is 0 Å². The summed E-state index contributed by atoms with van der Waals surface area (Å²) in [4.78, 5) is 6.73. The van der Waals surface area contributed by atoms with Crippen LogP contribution in [0.4, 0.5) is 0 Å². The molecule has 0 aliphatic carbocycles. The molecule has 0 atom stereocenters. The van der Waals surface area contributed by atoms with Crippen LogP contribution in [0.1, 0.15) is 31.4 Å². The zero-order valence-corrected chi connectivity index (χ0v) is 18.1. The highest BCUT2D eigenvalue weighted by molar-refractivity contribution is 14.0. The van der Waals surface area contributed by atoms with Crippen molar-refractivity contribution in [3.63, 3.8) is 0 Å². The number of nitrogens with one attached hydrogen (secondary N) is 2. The fourth-order valence-corrected chi connectivity index (χ4v) is 2.99. The molecule has 5 nitrogen and oxygen atoms in total. The quantitative estimate of drug-likeness (QED) is 0.258. The maximum Gasteiger partial charge on any atom is 0.190 e. The van der Waals surface area contributed by atoms with Gasteiger partial charge in [0.2, 0.25) is 0 Å². The number of nitrogens with zero attached hydrogens (tertiary/aromatic N) is 2. The molecule has 1 aromatic rings. The van der Waals surface area contributed by atoms with Gasteiger partial charge in [0.25, 0.3) is 0 Å². The predicted molar refractivity (Wildman–Crippen MR) is 117 cm³/mol. The highest BCUT2D eigenvalue weighted by atomic mass is 127. The van der Waals surface area contributed by atoms with Crippen LogP contribution in [0.3, 0.4) is 0 Å². The van der Waals surface area contributed by atoms with Crippen LogP contribution >= 0.6 is 24.0 Å². The lowest BCUT2D eigenvalue weighted by Gasteiger charge is -2.18. The minimum atomic E-state index is 0. The molecule has 1 aromatic carbocycles. The summed E-state index contributed by atoms with van der Waals surface area (Å²) in [5.74, 6) is 1.94. The van der Waals surface area contributed by atoms with Gasteiger partial charge < -0.3 is 20.3 Å². The SMILES string of the molecule is CCN(CC)CCCNC(=NC)NCCc1ccc2c(c1)CCO2.I. The maximum absolute atomic E-state index is 5.55. The molecule has 0 radical (unpaired) electrons. The van der Waals surface area contributed by atoms with Crippen molar-refractivity contribution in [3.8, 4) is 5.75 Å². The van der Waals surface area contributed by atoms with E-state index in [1.54, 1.807) is 0 Å². The molecular formula is C19H33IN4O. The van der Waals surface area contributed by atoms with Crippen molar-refractivity contribution in [2.75, 3.05) is 46.4 Å². The van der Waals surface area contributed by atoms with Crippen molar-refractivity contribution in [1.82, 2.24) is 15.5 Å². The Morgan fingerprint density at radius 1 is 1.20 bits per heavy atom. The highest BCUT2D eigenvalue weighted by Crippen LogP contribution is 2.25. The third-order valence-electron chi connectivity index (χ3n) is 4.52. The van der Waals surface area contributed by atoms with Gasteiger partial charge in [-0.15, -0.1) is 24.0 Å². The molecule has 0 fully saturated rings. The molecule has 1 aliphatic heterocycles. The van der Waals surface area contributed by atoms with Crippen molar-refractivity contribution >= 4 is 29.9 Å². The molecule has 0 spiro atoms. The third-order valence-corrected chi connectivity index (χ3v) is 4.52. The van der Waals surface area contributed by atoms with E-state index in [1.807, 2.05) is 7.05 Å². The number of rotatable bonds is 9. The third kappa shape index (κ3) is 7.40. The van der Waals surface area contributed by atoms with Crippen LogP contribution in [0.2, 0.25) is 0 Å². The van der Waals surface area contributed by atoms with Gasteiger partial charge in [-0.1, -0.05) is 26.0 Å². The molecule has 0 saturated heterocycles. The summed E-state index contributed by atoms with van der Waals surface area (Å²) in [5, 5.41) is 6.79. The van der Waals surface area contributed by atoms with Gasteiger partial charge in [-0.3, -0.25) is 4.99 Å². The normalized spacial score (nSPS) is 13.2. The van der Waals surface area contributed by atoms with E-state index in [0.717, 1.165) is 70.3 Å². The second kappa shape index (κ2) is 12.4. The summed E-state index contributed by atoms with van der Waals surface area (Å²) in [5.41, 5.74) is 2.69. The molecule has 0 bridgehead atoms. The molecule has 2 N–H and O–H groups in total. The lowest BCUT2D eigenvalue weighted by atomic mass is 10.1. The fraction of sp³-hybridized carbons (Fsp3) is 0.632. The van der Waals surface area contributed by atoms with E-state index >= 15 is 0 Å². The molecule has 142 valence electrons. The number of ether oxygens (including phenoxy) is 1. The van der Waals surface area contributed by atoms with Crippen molar-refractivity contribution in [2.45, 2.75) is 33.1 Å². The lowest BCUT2D eigenvalue weighted by molar-refractivity contribution is 0.300. The summed E-state index contributed by atoms with van der Waals surface area (Å²) in [7, 11) is 1.83. The average Bonchev–Trinajstić information content (AvgIpc) is 3.08. The Morgan fingerprint density at radius 2 is 1.96 bits per heavy atom. The standard InChI is InChI=1S/C19H32N4O.HI/c1-4-23(5-2)13-6-11-21-19(20-3)22-12-9-16-7-8-18-17(15-16)10-14-24-18;/h7-8,15H,4-6,9-14H2,1-3H3,(H2,20,21,22);1H. The zero-order valence-electron chi connectivity index (χ0n) is 15.8. The van der Waals surface area contributed by atoms with Gasteiger partial charge in [0.05, 0.1) is 6.61 Å². The Labute approximate surface area is 169 Å². The number of hydrogen-bond donors (Lipinski definition) is 2. The average molecular weight is 460 g/mol. The first-order chi connectivity index (χ1) is 11.8. The maximum atomic E-state index is 5.55. The van der Waals surface area contributed by atoms with E-state index in [0.29, 0.717) is 0 Å². The second-order valence-corrected chi connectivity index (χ2v) is 6.10. The summed E-state index contributed by atoms with van der Waals surface area (Å²) < 4.78 is 5.55. The van der Waals surface area contributed by atoms with Crippen LogP contribution in [0, 0.1) is 0 Å². The van der Waals surface area contributed by atoms with Crippen molar-refractivity contribution < 1.29 is 4.74 Å². The van der Waals surface area contributed by atoms with Gasteiger partial charge in [0.1, 0.15) is 5.75 Å². The van der Waals surface area contributed by atoms with Crippen LogP contribution in [0.25, 0.3) is 0 Å². The number of guanidine groups is 1. The van der Waals surface area contributed by atoms with Crippen LogP contribution in [-0.2, 0) is 12.8 Å². The van der Waals surface area contributed by atoms with Gasteiger partial charge in [-0.05, 0) is 49.7 Å². The van der Waals surface area contributed by atoms with E-state index in [2.05, 4.69) is 52.6 Å². The van der Waals surface area contributed by atoms with Gasteiger partial charge in [0, 0.05) is 26.6 Å². The first kappa shape index (κ1) is 22.0. The summed E-state index contributed by atoms with van der Waals surface area (Å²) >= 11 is 0. The minimum absolute atomic E-state index is 0. The molecule has 1 aliphatic rings. The van der Waals surface area contributed by atoms with E-state index in [4.69, 9.17) is 4.74 Å². The van der Waals surface area contributed by atoms with Crippen molar-refractivity contribution in [3.05, 3.63) is 29.3 Å². The number of fused-ring (bicyclic) bond motifs is 1. The van der Waals surface area contributed by atoms with Gasteiger partial charge in [-0.2, -0.15) is 0 Å². The fourth-order valence-electron chi connectivity index (χ4n) is 2.99. The Bertz CT molecular complexity index is 532. The Morgan fingerprint density at radius 3 is 2.68 bits per heavy atom. The second-order valence-electron chi connectivity index (χ2n) is 6.10. The van der Waals surface area contributed by atoms with E-state index in [-0.39, 0.29) is 24.0 Å². The Hall–Kier alpha value is -1.02. The topological polar surface area (TPSA) is 48.9 Å². The van der Waals surface area contributed by atoms with Gasteiger partial charge >= 0.3 is 0 Å². The number of benzene rings is 1.